The molecule has 220 valence electrons. The van der Waals surface area contributed by atoms with E-state index in [2.05, 4.69) is 11.9 Å². The first-order valence-corrected chi connectivity index (χ1v) is 11.3. The predicted molar refractivity (Wildman–Crippen MR) is 135 cm³/mol. The van der Waals surface area contributed by atoms with E-state index in [0.29, 0.717) is 25.8 Å². The topological polar surface area (TPSA) is 358 Å². The number of aliphatic carboxylic acids is 4. The molecule has 4 atom stereocenters. The lowest BCUT2D eigenvalue weighted by atomic mass is 10.1. The maximum Gasteiger partial charge on any atom is 0.322 e. The molecule has 37 heavy (non-hydrogen) atoms. The highest BCUT2D eigenvalue weighted by molar-refractivity contribution is 5.75. The van der Waals surface area contributed by atoms with Gasteiger partial charge in [0.1, 0.15) is 24.2 Å². The molecule has 0 aliphatic carbocycles. The third-order valence-corrected chi connectivity index (χ3v) is 3.99. The zero-order chi connectivity index (χ0) is 30.0. The van der Waals surface area contributed by atoms with Crippen molar-refractivity contribution in [1.29, 1.82) is 0 Å². The Labute approximate surface area is 215 Å². The van der Waals surface area contributed by atoms with Gasteiger partial charge in [-0.15, -0.1) is 0 Å². The van der Waals surface area contributed by atoms with Gasteiger partial charge in [0, 0.05) is 13.2 Å². The lowest BCUT2D eigenvalue weighted by molar-refractivity contribution is -0.140. The minimum atomic E-state index is -1.18. The first kappa shape index (κ1) is 41.1. The van der Waals surface area contributed by atoms with Crippen LogP contribution in [0.4, 0.5) is 0 Å². The molecule has 0 aliphatic heterocycles. The van der Waals surface area contributed by atoms with Gasteiger partial charge < -0.3 is 65.0 Å². The number of guanidine groups is 1. The molecule has 17 nitrogen and oxygen atoms in total. The summed E-state index contributed by atoms with van der Waals surface area (Å²) in [6.45, 7) is 1.82. The number of aliphatic imine (C=N–C) groups is 1. The standard InChI is InChI=1S/C7H15NO2.C6H14N4O2.C4H9NO3.C3H7NO3/c1-2-3-4-5-6(8)7(9)10;7-4(5(11)12)2-1-3-10-6(8)9;5-3(1-2-6)4(7)8;4-2(1-5)3(6)7/h6H,2-5,8H2,1H3,(H,9,10);4H,1-3,7H2,(H,11,12)(H4,8,9,10);3,6H,1-2,5H2,(H,7,8);2,5H,1,4H2,(H,6,7)/t6-;4-;3-;2-/m0010/s1. The number of nitrogens with zero attached hydrogens (tertiary/aromatic N) is 1. The molecule has 0 unspecified atom stereocenters. The molecule has 0 saturated heterocycles. The molecule has 0 radical (unpaired) electrons. The summed E-state index contributed by atoms with van der Waals surface area (Å²) in [5, 5.41) is 48.9. The fourth-order valence-corrected chi connectivity index (χ4v) is 1.72. The minimum Gasteiger partial charge on any atom is -0.480 e. The number of aliphatic hydroxyl groups is 2. The molecular weight excluding hydrogens is 498 g/mol. The average molecular weight is 544 g/mol. The SMILES string of the molecule is CCCCC[C@H](N)C(=O)O.NC(N)=NCCC[C@H](N)C(=O)O.N[C@@H](CO)C(=O)O.N[C@H](CCO)C(=O)O. The fourth-order valence-electron chi connectivity index (χ4n) is 1.72. The number of nitrogens with two attached hydrogens (primary N) is 6. The molecule has 0 aromatic rings. The van der Waals surface area contributed by atoms with Gasteiger partial charge in [-0.3, -0.25) is 24.2 Å². The molecular formula is C20H45N7O10. The monoisotopic (exact) mass is 543 g/mol. The third-order valence-electron chi connectivity index (χ3n) is 3.99. The Bertz CT molecular complexity index is 649. The Morgan fingerprint density at radius 2 is 1.03 bits per heavy atom. The van der Waals surface area contributed by atoms with Crippen LogP contribution in [-0.2, 0) is 19.2 Å². The summed E-state index contributed by atoms with van der Waals surface area (Å²) < 4.78 is 0. The molecule has 0 rings (SSSR count). The van der Waals surface area contributed by atoms with Gasteiger partial charge in [-0.2, -0.15) is 0 Å². The van der Waals surface area contributed by atoms with E-state index < -0.39 is 54.7 Å². The molecule has 0 bridgehead atoms. The second kappa shape index (κ2) is 27.5. The first-order valence-electron chi connectivity index (χ1n) is 11.3. The van der Waals surface area contributed by atoms with Crippen LogP contribution < -0.4 is 34.4 Å². The van der Waals surface area contributed by atoms with Crippen molar-refractivity contribution in [3.05, 3.63) is 0 Å². The summed E-state index contributed by atoms with van der Waals surface area (Å²) in [6.07, 6.45) is 4.77. The van der Waals surface area contributed by atoms with Gasteiger partial charge in [-0.25, -0.2) is 0 Å². The minimum absolute atomic E-state index is 0.0129. The predicted octanol–water partition coefficient (Wildman–Crippen LogP) is -3.40. The Balaban J connectivity index is -0.000000200. The van der Waals surface area contributed by atoms with Crippen molar-refractivity contribution in [3.63, 3.8) is 0 Å². The number of carboxylic acids is 4. The van der Waals surface area contributed by atoms with E-state index in [0.717, 1.165) is 19.3 Å². The molecule has 0 heterocycles. The van der Waals surface area contributed by atoms with Crippen LogP contribution >= 0.6 is 0 Å². The van der Waals surface area contributed by atoms with Crippen molar-refractivity contribution < 1.29 is 49.8 Å². The summed E-state index contributed by atoms with van der Waals surface area (Å²) in [5.41, 5.74) is 30.3. The molecule has 17 heteroatoms. The highest BCUT2D eigenvalue weighted by atomic mass is 16.4. The number of carbonyl (C=O) groups is 4. The van der Waals surface area contributed by atoms with Gasteiger partial charge >= 0.3 is 23.9 Å². The van der Waals surface area contributed by atoms with Gasteiger partial charge in [0.25, 0.3) is 0 Å². The molecule has 0 amide bonds. The Hall–Kier alpha value is -3.09. The summed E-state index contributed by atoms with van der Waals surface area (Å²) >= 11 is 0. The maximum atomic E-state index is 10.2. The van der Waals surface area contributed by atoms with E-state index in [1.807, 2.05) is 0 Å². The van der Waals surface area contributed by atoms with E-state index in [1.54, 1.807) is 0 Å². The van der Waals surface area contributed by atoms with Crippen LogP contribution in [0.1, 0.15) is 51.9 Å². The zero-order valence-electron chi connectivity index (χ0n) is 21.1. The van der Waals surface area contributed by atoms with Crippen molar-refractivity contribution in [2.24, 2.45) is 39.4 Å². The second-order valence-corrected chi connectivity index (χ2v) is 7.42. The lowest BCUT2D eigenvalue weighted by Crippen LogP contribution is -2.33. The summed E-state index contributed by atoms with van der Waals surface area (Å²) in [4.78, 5) is 43.6. The second-order valence-electron chi connectivity index (χ2n) is 7.42. The Morgan fingerprint density at radius 1 is 0.649 bits per heavy atom. The van der Waals surface area contributed by atoms with Crippen molar-refractivity contribution in [2.45, 2.75) is 76.0 Å². The lowest BCUT2D eigenvalue weighted by Gasteiger charge is -2.03. The Morgan fingerprint density at radius 3 is 1.27 bits per heavy atom. The van der Waals surface area contributed by atoms with E-state index in [-0.39, 0.29) is 19.0 Å². The number of carboxylic acid groups (broad SMARTS) is 4. The summed E-state index contributed by atoms with van der Waals surface area (Å²) in [7, 11) is 0. The third kappa shape index (κ3) is 35.1. The molecule has 18 N–H and O–H groups in total. The van der Waals surface area contributed by atoms with Crippen LogP contribution in [0, 0.1) is 0 Å². The van der Waals surface area contributed by atoms with Gasteiger partial charge in [0.15, 0.2) is 5.96 Å². The van der Waals surface area contributed by atoms with Crippen molar-refractivity contribution >= 4 is 29.8 Å². The van der Waals surface area contributed by atoms with Crippen molar-refractivity contribution in [1.82, 2.24) is 0 Å². The van der Waals surface area contributed by atoms with E-state index >= 15 is 0 Å². The number of aliphatic hydroxyl groups excluding tert-OH is 2. The van der Waals surface area contributed by atoms with Gasteiger partial charge in [0.2, 0.25) is 0 Å². The van der Waals surface area contributed by atoms with Crippen LogP contribution in [0.25, 0.3) is 0 Å². The summed E-state index contributed by atoms with van der Waals surface area (Å²) in [5.74, 6) is -4.13. The Kier molecular flexibility index (Phi) is 30.5. The molecule has 0 spiro atoms. The molecule has 0 aliphatic rings. The summed E-state index contributed by atoms with van der Waals surface area (Å²) in [6, 6.07) is -3.52. The van der Waals surface area contributed by atoms with Gasteiger partial charge in [-0.05, 0) is 25.7 Å². The average Bonchev–Trinajstić information content (AvgIpc) is 2.82. The smallest absolute Gasteiger partial charge is 0.322 e. The molecule has 0 aromatic heterocycles. The van der Waals surface area contributed by atoms with Crippen LogP contribution in [0.2, 0.25) is 0 Å². The quantitative estimate of drug-likeness (QED) is 0.0543. The van der Waals surface area contributed by atoms with E-state index in [1.165, 1.54) is 0 Å². The highest BCUT2D eigenvalue weighted by Crippen LogP contribution is 2.01. The van der Waals surface area contributed by atoms with Crippen molar-refractivity contribution in [3.8, 4) is 0 Å². The van der Waals surface area contributed by atoms with Gasteiger partial charge in [0.05, 0.1) is 6.61 Å². The van der Waals surface area contributed by atoms with Crippen LogP contribution in [0.3, 0.4) is 0 Å². The fraction of sp³-hybridized carbons (Fsp3) is 0.750. The van der Waals surface area contributed by atoms with E-state index in [4.69, 9.17) is 65.0 Å². The van der Waals surface area contributed by atoms with Gasteiger partial charge in [-0.1, -0.05) is 26.2 Å². The van der Waals surface area contributed by atoms with Crippen LogP contribution in [0.5, 0.6) is 0 Å². The normalized spacial score (nSPS) is 12.8. The van der Waals surface area contributed by atoms with E-state index in [9.17, 15) is 19.2 Å². The highest BCUT2D eigenvalue weighted by Gasteiger charge is 2.10. The number of hydrogen-bond acceptors (Lipinski definition) is 11. The number of unbranched alkanes of at least 4 members (excludes halogenated alkanes) is 2. The first-order chi connectivity index (χ1) is 17.1. The van der Waals surface area contributed by atoms with Crippen LogP contribution in [-0.4, -0.2) is 104 Å². The maximum absolute atomic E-state index is 10.2. The largest absolute Gasteiger partial charge is 0.480 e. The number of hydrogen-bond donors (Lipinski definition) is 12. The van der Waals surface area contributed by atoms with Crippen LogP contribution in [0.15, 0.2) is 4.99 Å². The zero-order valence-corrected chi connectivity index (χ0v) is 21.1. The number of rotatable bonds is 15. The molecule has 0 fully saturated rings. The molecule has 0 saturated carbocycles. The van der Waals surface area contributed by atoms with Crippen molar-refractivity contribution in [2.75, 3.05) is 19.8 Å². The molecule has 0 aromatic carbocycles.